The fraction of sp³-hybridized carbons (Fsp3) is 0.435. The standard InChI is InChI=1S/C23H26ClFN4O3/c1-11(2)17-14(21(30)26-19(12-5-6-12)23(3,4)32)10-29-18(17)22(31)27-20(28-29)13-7-8-15(24)16(25)9-13/h7-12,19,32H,5-6H2,1-4H3,(H,26,30)(H,27,28,31)/t19-/m1/s1. The van der Waals surface area contributed by atoms with Crippen LogP contribution in [0, 0.1) is 11.7 Å². The van der Waals surface area contributed by atoms with Crippen LogP contribution in [0.3, 0.4) is 0 Å². The maximum Gasteiger partial charge on any atom is 0.275 e. The number of H-pyrrole nitrogens is 1. The fourth-order valence-corrected chi connectivity index (χ4v) is 4.29. The number of carbonyl (C=O) groups is 1. The van der Waals surface area contributed by atoms with Crippen LogP contribution in [0.5, 0.6) is 0 Å². The van der Waals surface area contributed by atoms with Crippen molar-refractivity contribution in [2.24, 2.45) is 5.92 Å². The molecule has 1 saturated carbocycles. The Balaban J connectivity index is 1.80. The number of hydrogen-bond donors (Lipinski definition) is 3. The minimum Gasteiger partial charge on any atom is -0.388 e. The molecule has 32 heavy (non-hydrogen) atoms. The normalized spacial score (nSPS) is 15.4. The van der Waals surface area contributed by atoms with Gasteiger partial charge in [0, 0.05) is 17.3 Å². The Labute approximate surface area is 189 Å². The van der Waals surface area contributed by atoms with Crippen molar-refractivity contribution in [1.82, 2.24) is 19.9 Å². The zero-order chi connectivity index (χ0) is 23.4. The van der Waals surface area contributed by atoms with Crippen molar-refractivity contribution in [2.45, 2.75) is 58.1 Å². The number of nitrogens with one attached hydrogen (secondary N) is 2. The van der Waals surface area contributed by atoms with Crippen molar-refractivity contribution in [3.63, 3.8) is 0 Å². The van der Waals surface area contributed by atoms with Crippen LogP contribution < -0.4 is 10.9 Å². The largest absolute Gasteiger partial charge is 0.388 e. The number of aromatic nitrogens is 3. The average molecular weight is 461 g/mol. The van der Waals surface area contributed by atoms with Crippen molar-refractivity contribution in [1.29, 1.82) is 0 Å². The maximum atomic E-state index is 13.9. The summed E-state index contributed by atoms with van der Waals surface area (Å²) in [5.74, 6) is -0.741. The number of hydrogen-bond acceptors (Lipinski definition) is 4. The predicted octanol–water partition coefficient (Wildman–Crippen LogP) is 3.88. The minimum atomic E-state index is -1.07. The average Bonchev–Trinajstić information content (AvgIpc) is 3.45. The smallest absolute Gasteiger partial charge is 0.275 e. The molecule has 0 aliphatic heterocycles. The monoisotopic (exact) mass is 460 g/mol. The van der Waals surface area contributed by atoms with Gasteiger partial charge in [-0.25, -0.2) is 8.91 Å². The minimum absolute atomic E-state index is 0.0313. The van der Waals surface area contributed by atoms with Gasteiger partial charge in [0.25, 0.3) is 11.5 Å². The van der Waals surface area contributed by atoms with Gasteiger partial charge in [-0.1, -0.05) is 25.4 Å². The zero-order valence-electron chi connectivity index (χ0n) is 18.4. The number of benzene rings is 1. The Bertz CT molecular complexity index is 1250. The molecule has 1 amide bonds. The third-order valence-electron chi connectivity index (χ3n) is 5.84. The first kappa shape index (κ1) is 22.5. The molecular formula is C23H26ClFN4O3. The molecule has 170 valence electrons. The van der Waals surface area contributed by atoms with Crippen molar-refractivity contribution < 1.29 is 14.3 Å². The van der Waals surface area contributed by atoms with E-state index in [1.165, 1.54) is 22.8 Å². The second-order valence-electron chi connectivity index (χ2n) is 9.28. The summed E-state index contributed by atoms with van der Waals surface area (Å²) in [7, 11) is 0. The highest BCUT2D eigenvalue weighted by Crippen LogP contribution is 2.37. The summed E-state index contributed by atoms with van der Waals surface area (Å²) in [6.45, 7) is 7.14. The SMILES string of the molecule is CC(C)c1c(C(=O)N[C@H](C2CC2)C(C)(C)O)cn2nc(-c3ccc(Cl)c(F)c3)[nH]c(=O)c12. The molecule has 4 rings (SSSR count). The van der Waals surface area contributed by atoms with Gasteiger partial charge < -0.3 is 15.4 Å². The van der Waals surface area contributed by atoms with Gasteiger partial charge >= 0.3 is 0 Å². The van der Waals surface area contributed by atoms with Gasteiger partial charge in [-0.15, -0.1) is 5.10 Å². The number of nitrogens with zero attached hydrogens (tertiary/aromatic N) is 2. The Morgan fingerprint density at radius 2 is 2.06 bits per heavy atom. The highest BCUT2D eigenvalue weighted by atomic mass is 35.5. The van der Waals surface area contributed by atoms with E-state index in [1.54, 1.807) is 19.9 Å². The first-order chi connectivity index (χ1) is 15.0. The van der Waals surface area contributed by atoms with E-state index in [1.807, 2.05) is 13.8 Å². The molecule has 2 heterocycles. The van der Waals surface area contributed by atoms with Crippen LogP contribution in [0.15, 0.2) is 29.2 Å². The molecule has 0 unspecified atom stereocenters. The summed E-state index contributed by atoms with van der Waals surface area (Å²) in [6, 6.07) is 3.74. The number of rotatable bonds is 6. The summed E-state index contributed by atoms with van der Waals surface area (Å²) in [5.41, 5.74) is -0.00523. The van der Waals surface area contributed by atoms with E-state index in [0.717, 1.165) is 12.8 Å². The Kier molecular flexibility index (Phi) is 5.63. The van der Waals surface area contributed by atoms with Crippen LogP contribution in [-0.4, -0.2) is 37.3 Å². The van der Waals surface area contributed by atoms with Crippen LogP contribution in [0.2, 0.25) is 5.02 Å². The molecule has 9 heteroatoms. The highest BCUT2D eigenvalue weighted by Gasteiger charge is 2.41. The number of fused-ring (bicyclic) bond motifs is 1. The van der Waals surface area contributed by atoms with Gasteiger partial charge in [0.2, 0.25) is 0 Å². The second kappa shape index (κ2) is 8.01. The second-order valence-corrected chi connectivity index (χ2v) is 9.69. The summed E-state index contributed by atoms with van der Waals surface area (Å²) in [5, 5.41) is 17.9. The Morgan fingerprint density at radius 1 is 1.38 bits per heavy atom. The van der Waals surface area contributed by atoms with E-state index in [2.05, 4.69) is 15.4 Å². The molecule has 0 saturated heterocycles. The number of aliphatic hydroxyl groups is 1. The quantitative estimate of drug-likeness (QED) is 0.519. The molecule has 0 spiro atoms. The van der Waals surface area contributed by atoms with E-state index in [9.17, 15) is 19.1 Å². The van der Waals surface area contributed by atoms with Crippen LogP contribution >= 0.6 is 11.6 Å². The lowest BCUT2D eigenvalue weighted by atomic mass is 9.93. The van der Waals surface area contributed by atoms with Crippen LogP contribution in [0.1, 0.15) is 62.4 Å². The lowest BCUT2D eigenvalue weighted by molar-refractivity contribution is 0.0275. The van der Waals surface area contributed by atoms with Crippen molar-refractivity contribution >= 4 is 23.0 Å². The number of amides is 1. The molecule has 3 N–H and O–H groups in total. The van der Waals surface area contributed by atoms with Gasteiger partial charge in [0.1, 0.15) is 11.3 Å². The first-order valence-electron chi connectivity index (χ1n) is 10.6. The van der Waals surface area contributed by atoms with E-state index >= 15 is 0 Å². The van der Waals surface area contributed by atoms with Crippen LogP contribution in [-0.2, 0) is 0 Å². The number of halogens is 2. The Morgan fingerprint density at radius 3 is 2.62 bits per heavy atom. The molecule has 0 radical (unpaired) electrons. The van der Waals surface area contributed by atoms with Gasteiger partial charge in [-0.2, -0.15) is 0 Å². The van der Waals surface area contributed by atoms with Crippen LogP contribution in [0.4, 0.5) is 4.39 Å². The summed E-state index contributed by atoms with van der Waals surface area (Å²) >= 11 is 5.75. The van der Waals surface area contributed by atoms with Crippen molar-refractivity contribution in [2.75, 3.05) is 0 Å². The van der Waals surface area contributed by atoms with E-state index in [4.69, 9.17) is 11.6 Å². The molecular weight excluding hydrogens is 435 g/mol. The van der Waals surface area contributed by atoms with Gasteiger partial charge in [0.15, 0.2) is 5.82 Å². The summed E-state index contributed by atoms with van der Waals surface area (Å²) in [6.07, 6.45) is 3.41. The third-order valence-corrected chi connectivity index (χ3v) is 6.14. The highest BCUT2D eigenvalue weighted by molar-refractivity contribution is 6.30. The summed E-state index contributed by atoms with van der Waals surface area (Å²) in [4.78, 5) is 28.9. The molecule has 1 atom stereocenters. The van der Waals surface area contributed by atoms with E-state index < -0.39 is 23.0 Å². The lowest BCUT2D eigenvalue weighted by Gasteiger charge is -2.30. The van der Waals surface area contributed by atoms with E-state index in [-0.39, 0.29) is 34.1 Å². The predicted molar refractivity (Wildman–Crippen MR) is 121 cm³/mol. The Hall–Kier alpha value is -2.71. The third kappa shape index (κ3) is 4.17. The van der Waals surface area contributed by atoms with Gasteiger partial charge in [-0.3, -0.25) is 9.59 Å². The lowest BCUT2D eigenvalue weighted by Crippen LogP contribution is -2.50. The van der Waals surface area contributed by atoms with Crippen molar-refractivity contribution in [3.8, 4) is 11.4 Å². The van der Waals surface area contributed by atoms with Crippen LogP contribution in [0.25, 0.3) is 16.9 Å². The molecule has 1 aliphatic rings. The van der Waals surface area contributed by atoms with E-state index in [0.29, 0.717) is 16.7 Å². The topological polar surface area (TPSA) is 99.5 Å². The number of aromatic amines is 1. The molecule has 1 aromatic carbocycles. The molecule has 7 nitrogen and oxygen atoms in total. The molecule has 2 aromatic heterocycles. The molecule has 1 fully saturated rings. The molecule has 3 aromatic rings. The van der Waals surface area contributed by atoms with Gasteiger partial charge in [0.05, 0.1) is 22.2 Å². The van der Waals surface area contributed by atoms with Gasteiger partial charge in [-0.05, 0) is 56.7 Å². The number of carbonyl (C=O) groups excluding carboxylic acids is 1. The molecule has 1 aliphatic carbocycles. The molecule has 0 bridgehead atoms. The first-order valence-corrected chi connectivity index (χ1v) is 11.0. The van der Waals surface area contributed by atoms with Crippen molar-refractivity contribution in [3.05, 3.63) is 56.7 Å². The summed E-state index contributed by atoms with van der Waals surface area (Å²) < 4.78 is 15.3. The fourth-order valence-electron chi connectivity index (χ4n) is 4.17. The zero-order valence-corrected chi connectivity index (χ0v) is 19.1. The maximum absolute atomic E-state index is 13.9.